The second-order valence-corrected chi connectivity index (χ2v) is 22.0. The van der Waals surface area contributed by atoms with E-state index in [1.54, 1.807) is 0 Å². The first-order valence-electron chi connectivity index (χ1n) is 31.1. The average molecular weight is 1070 g/mol. The number of allylic oxidation sites excluding steroid dienone is 14. The topological polar surface area (TPSA) is 134 Å². The summed E-state index contributed by atoms with van der Waals surface area (Å²) in [7, 11) is -4.40. The van der Waals surface area contributed by atoms with Crippen LogP contribution < -0.4 is 5.73 Å². The molecule has 0 aromatic rings. The molecule has 434 valence electrons. The molecular formula is C65H116NO8P. The molecule has 0 aromatic heterocycles. The third kappa shape index (κ3) is 60.3. The maximum absolute atomic E-state index is 12.7. The molecule has 0 saturated carbocycles. The van der Waals surface area contributed by atoms with E-state index in [2.05, 4.69) is 98.9 Å². The van der Waals surface area contributed by atoms with Crippen molar-refractivity contribution >= 4 is 19.8 Å². The van der Waals surface area contributed by atoms with Crippen molar-refractivity contribution in [3.63, 3.8) is 0 Å². The van der Waals surface area contributed by atoms with Crippen molar-refractivity contribution in [1.29, 1.82) is 0 Å². The molecule has 0 rings (SSSR count). The molecule has 0 heterocycles. The number of phosphoric acid groups is 1. The Morgan fingerprint density at radius 3 is 1.09 bits per heavy atom. The third-order valence-corrected chi connectivity index (χ3v) is 14.2. The van der Waals surface area contributed by atoms with Crippen molar-refractivity contribution in [2.45, 2.75) is 290 Å². The zero-order chi connectivity index (χ0) is 54.5. The van der Waals surface area contributed by atoms with E-state index < -0.39 is 26.5 Å². The standard InChI is InChI=1S/C65H116NO8P/c1-3-5-7-9-11-13-15-17-19-21-23-25-27-29-30-31-32-34-35-37-39-41-43-45-47-49-51-53-55-57-64(67)71-61-63(62-73-75(69,70)72-60-59-66)74-65(68)58-56-54-52-50-48-46-44-42-40-38-36-33-28-26-24-22-20-18-16-14-12-10-8-6-4-2/h6,8,12,14-15,17-18,20-21,23-24,26,33,36,63H,3-5,7,9-11,13,16,19,22,25,27-32,34-35,37-62,66H2,1-2H3,(H,69,70)/b8-6-,14-12-,17-15-,20-18-,23-21-,26-24-,36-33-. The highest BCUT2D eigenvalue weighted by molar-refractivity contribution is 7.47. The lowest BCUT2D eigenvalue weighted by Gasteiger charge is -2.19. The first kappa shape index (κ1) is 72.2. The molecule has 0 aliphatic carbocycles. The lowest BCUT2D eigenvalue weighted by Crippen LogP contribution is -2.29. The van der Waals surface area contributed by atoms with Crippen LogP contribution in [0.2, 0.25) is 0 Å². The lowest BCUT2D eigenvalue weighted by molar-refractivity contribution is -0.161. The largest absolute Gasteiger partial charge is 0.472 e. The van der Waals surface area contributed by atoms with Gasteiger partial charge < -0.3 is 20.1 Å². The molecule has 0 radical (unpaired) electrons. The SMILES string of the molecule is CC/C=C\C/C=C\C/C=C\C/C=C\C/C=C\CCCCCCCCCCCC(=O)OC(COC(=O)CCCCCCCCCCCCCCCCCCC/C=C\C/C=C\CCCCCCC)COP(=O)(O)OCCN. The first-order chi connectivity index (χ1) is 36.8. The van der Waals surface area contributed by atoms with Crippen LogP contribution in [0, 0.1) is 0 Å². The van der Waals surface area contributed by atoms with E-state index in [-0.39, 0.29) is 38.6 Å². The molecule has 0 fully saturated rings. The summed E-state index contributed by atoms with van der Waals surface area (Å²) in [5, 5.41) is 0. The molecular weight excluding hydrogens is 954 g/mol. The van der Waals surface area contributed by atoms with Crippen LogP contribution in [0.3, 0.4) is 0 Å². The summed E-state index contributed by atoms with van der Waals surface area (Å²) in [5.41, 5.74) is 5.39. The molecule has 2 atom stereocenters. The zero-order valence-corrected chi connectivity index (χ0v) is 49.4. The Morgan fingerprint density at radius 2 is 0.733 bits per heavy atom. The van der Waals surface area contributed by atoms with Gasteiger partial charge in [-0.2, -0.15) is 0 Å². The summed E-state index contributed by atoms with van der Waals surface area (Å²) in [5.74, 6) is -0.829. The van der Waals surface area contributed by atoms with Crippen molar-refractivity contribution < 1.29 is 37.6 Å². The van der Waals surface area contributed by atoms with E-state index in [1.807, 2.05) is 0 Å². The molecule has 9 nitrogen and oxygen atoms in total. The van der Waals surface area contributed by atoms with Gasteiger partial charge in [0.1, 0.15) is 6.61 Å². The maximum Gasteiger partial charge on any atom is 0.472 e. The molecule has 3 N–H and O–H groups in total. The third-order valence-electron chi connectivity index (χ3n) is 13.3. The Hall–Kier alpha value is -2.81. The minimum atomic E-state index is -4.40. The predicted octanol–water partition coefficient (Wildman–Crippen LogP) is 19.9. The average Bonchev–Trinajstić information content (AvgIpc) is 3.40. The van der Waals surface area contributed by atoms with Gasteiger partial charge in [0.15, 0.2) is 6.10 Å². The van der Waals surface area contributed by atoms with E-state index in [0.29, 0.717) is 6.42 Å². The summed E-state index contributed by atoms with van der Waals surface area (Å²) < 4.78 is 33.1. The maximum atomic E-state index is 12.7. The van der Waals surface area contributed by atoms with Gasteiger partial charge in [0.25, 0.3) is 0 Å². The van der Waals surface area contributed by atoms with Crippen molar-refractivity contribution in [3.05, 3.63) is 85.1 Å². The van der Waals surface area contributed by atoms with Crippen molar-refractivity contribution in [3.8, 4) is 0 Å². The monoisotopic (exact) mass is 1070 g/mol. The highest BCUT2D eigenvalue weighted by Gasteiger charge is 2.26. The van der Waals surface area contributed by atoms with Crippen LogP contribution in [0.1, 0.15) is 284 Å². The van der Waals surface area contributed by atoms with Crippen LogP contribution in [0.4, 0.5) is 0 Å². The van der Waals surface area contributed by atoms with Crippen molar-refractivity contribution in [2.24, 2.45) is 5.73 Å². The fourth-order valence-corrected chi connectivity index (χ4v) is 9.46. The van der Waals surface area contributed by atoms with Gasteiger partial charge in [-0.15, -0.1) is 0 Å². The fourth-order valence-electron chi connectivity index (χ4n) is 8.69. The molecule has 10 heteroatoms. The van der Waals surface area contributed by atoms with Crippen LogP contribution in [0.15, 0.2) is 85.1 Å². The van der Waals surface area contributed by atoms with Crippen LogP contribution in [0.25, 0.3) is 0 Å². The molecule has 0 aliphatic rings. The summed E-state index contributed by atoms with van der Waals surface area (Å²) in [6.45, 7) is 3.64. The summed E-state index contributed by atoms with van der Waals surface area (Å²) in [4.78, 5) is 35.3. The smallest absolute Gasteiger partial charge is 0.462 e. The van der Waals surface area contributed by atoms with Crippen LogP contribution in [0.5, 0.6) is 0 Å². The molecule has 0 bridgehead atoms. The number of esters is 2. The lowest BCUT2D eigenvalue weighted by atomic mass is 10.0. The summed E-state index contributed by atoms with van der Waals surface area (Å²) in [6.07, 6.45) is 79.3. The molecule has 0 saturated heterocycles. The molecule has 0 amide bonds. The van der Waals surface area contributed by atoms with Gasteiger partial charge in [-0.1, -0.05) is 266 Å². The van der Waals surface area contributed by atoms with Gasteiger partial charge in [-0.05, 0) is 89.9 Å². The highest BCUT2D eigenvalue weighted by atomic mass is 31.2. The zero-order valence-electron chi connectivity index (χ0n) is 48.5. The Bertz CT molecular complexity index is 1500. The number of carbonyl (C=O) groups excluding carboxylic acids is 2. The second kappa shape index (κ2) is 60.4. The van der Waals surface area contributed by atoms with Crippen LogP contribution in [-0.4, -0.2) is 49.3 Å². The normalized spacial score (nSPS) is 13.6. The summed E-state index contributed by atoms with van der Waals surface area (Å²) >= 11 is 0. The molecule has 75 heavy (non-hydrogen) atoms. The van der Waals surface area contributed by atoms with Gasteiger partial charge in [0, 0.05) is 19.4 Å². The van der Waals surface area contributed by atoms with Gasteiger partial charge in [-0.3, -0.25) is 18.6 Å². The van der Waals surface area contributed by atoms with Gasteiger partial charge in [0.05, 0.1) is 13.2 Å². The van der Waals surface area contributed by atoms with E-state index >= 15 is 0 Å². The number of carbonyl (C=O) groups is 2. The Labute approximate surface area is 462 Å². The number of ether oxygens (including phenoxy) is 2. The number of nitrogens with two attached hydrogens (primary N) is 1. The molecule has 0 spiro atoms. The molecule has 0 aromatic carbocycles. The summed E-state index contributed by atoms with van der Waals surface area (Å²) in [6, 6.07) is 0. The van der Waals surface area contributed by atoms with E-state index in [0.717, 1.165) is 83.5 Å². The quantitative estimate of drug-likeness (QED) is 0.0264. The predicted molar refractivity (Wildman–Crippen MR) is 321 cm³/mol. The number of unbranched alkanes of at least 4 members (excludes halogenated alkanes) is 31. The Morgan fingerprint density at radius 1 is 0.413 bits per heavy atom. The number of hydrogen-bond acceptors (Lipinski definition) is 8. The van der Waals surface area contributed by atoms with Crippen molar-refractivity contribution in [1.82, 2.24) is 0 Å². The van der Waals surface area contributed by atoms with Gasteiger partial charge in [-0.25, -0.2) is 4.57 Å². The highest BCUT2D eigenvalue weighted by Crippen LogP contribution is 2.43. The molecule has 0 aliphatic heterocycles. The fraction of sp³-hybridized carbons (Fsp3) is 0.754. The second-order valence-electron chi connectivity index (χ2n) is 20.5. The van der Waals surface area contributed by atoms with E-state index in [4.69, 9.17) is 24.3 Å². The van der Waals surface area contributed by atoms with Gasteiger partial charge in [0.2, 0.25) is 0 Å². The van der Waals surface area contributed by atoms with Crippen LogP contribution in [-0.2, 0) is 32.7 Å². The van der Waals surface area contributed by atoms with Crippen molar-refractivity contribution in [2.75, 3.05) is 26.4 Å². The minimum Gasteiger partial charge on any atom is -0.462 e. The van der Waals surface area contributed by atoms with E-state index in [9.17, 15) is 19.0 Å². The molecule has 2 unspecified atom stereocenters. The number of hydrogen-bond donors (Lipinski definition) is 2. The van der Waals surface area contributed by atoms with E-state index in [1.165, 1.54) is 167 Å². The number of phosphoric ester groups is 1. The Kier molecular flexibility index (Phi) is 58.2. The first-order valence-corrected chi connectivity index (χ1v) is 32.6. The Balaban J connectivity index is 3.94. The van der Waals surface area contributed by atoms with Gasteiger partial charge >= 0.3 is 19.8 Å². The van der Waals surface area contributed by atoms with Crippen LogP contribution >= 0.6 is 7.82 Å². The number of rotatable bonds is 58. The minimum absolute atomic E-state index is 0.0497.